The average Bonchev–Trinajstić information content (AvgIpc) is 2.63. The monoisotopic (exact) mass is 339 g/mol. The van der Waals surface area contributed by atoms with Gasteiger partial charge in [0, 0.05) is 12.4 Å². The van der Waals surface area contributed by atoms with Gasteiger partial charge < -0.3 is 10.1 Å². The van der Waals surface area contributed by atoms with Gasteiger partial charge in [0.15, 0.2) is 6.10 Å². The Bertz CT molecular complexity index is 946. The molecule has 6 nitrogen and oxygen atoms in total. The topological polar surface area (TPSA) is 81.2 Å². The predicted molar refractivity (Wildman–Crippen MR) is 89.4 cm³/mol. The van der Waals surface area contributed by atoms with Crippen molar-refractivity contribution in [2.24, 2.45) is 0 Å². The fourth-order valence-electron chi connectivity index (χ4n) is 2.17. The maximum atomic E-state index is 13.6. The Morgan fingerprint density at radius 3 is 2.56 bits per heavy atom. The van der Waals surface area contributed by atoms with E-state index in [1.165, 1.54) is 37.4 Å². The summed E-state index contributed by atoms with van der Waals surface area (Å²) >= 11 is 0. The van der Waals surface area contributed by atoms with Crippen LogP contribution in [0.1, 0.15) is 17.3 Å². The fraction of sp³-hybridized carbons (Fsp3) is 0.111. The molecule has 3 aromatic rings. The molecule has 0 saturated heterocycles. The number of ether oxygens (including phenoxy) is 1. The lowest BCUT2D eigenvalue weighted by Crippen LogP contribution is -2.30. The minimum atomic E-state index is -1.09. The molecule has 0 unspecified atom stereocenters. The Balaban J connectivity index is 1.68. The zero-order valence-electron chi connectivity index (χ0n) is 13.3. The fourth-order valence-corrected chi connectivity index (χ4v) is 2.17. The zero-order valence-corrected chi connectivity index (χ0v) is 13.3. The molecule has 0 aliphatic carbocycles. The molecule has 0 saturated carbocycles. The van der Waals surface area contributed by atoms with Gasteiger partial charge in [0.2, 0.25) is 0 Å². The lowest BCUT2D eigenvalue weighted by atomic mass is 10.2. The highest BCUT2D eigenvalue weighted by Gasteiger charge is 2.20. The molecule has 0 spiro atoms. The van der Waals surface area contributed by atoms with Crippen LogP contribution in [0.25, 0.3) is 11.0 Å². The molecule has 7 heteroatoms. The number of amides is 1. The standard InChI is InChI=1S/C18H14FN3O3/c1-11(17(23)22-14-5-3-2-4-13(14)19)25-18(24)12-6-7-15-16(10-12)21-9-8-20-15/h2-11H,1H3,(H,22,23)/t11-/m0/s1. The molecule has 1 atom stereocenters. The molecule has 1 N–H and O–H groups in total. The van der Waals surface area contributed by atoms with E-state index in [1.54, 1.807) is 24.4 Å². The quantitative estimate of drug-likeness (QED) is 0.739. The minimum absolute atomic E-state index is 0.0244. The van der Waals surface area contributed by atoms with Crippen molar-refractivity contribution < 1.29 is 18.7 Å². The van der Waals surface area contributed by atoms with E-state index in [-0.39, 0.29) is 11.3 Å². The van der Waals surface area contributed by atoms with Crippen LogP contribution in [0.15, 0.2) is 54.9 Å². The number of para-hydroxylation sites is 1. The number of carbonyl (C=O) groups excluding carboxylic acids is 2. The Morgan fingerprint density at radius 2 is 1.80 bits per heavy atom. The maximum Gasteiger partial charge on any atom is 0.338 e. The molecule has 3 rings (SSSR count). The van der Waals surface area contributed by atoms with Crippen LogP contribution < -0.4 is 5.32 Å². The lowest BCUT2D eigenvalue weighted by molar-refractivity contribution is -0.123. The summed E-state index contributed by atoms with van der Waals surface area (Å²) in [6.07, 6.45) is 1.97. The first-order chi connectivity index (χ1) is 12.0. The molecule has 25 heavy (non-hydrogen) atoms. The number of esters is 1. The number of anilines is 1. The van der Waals surface area contributed by atoms with E-state index in [4.69, 9.17) is 4.74 Å². The molecule has 1 aromatic heterocycles. The zero-order chi connectivity index (χ0) is 17.8. The van der Waals surface area contributed by atoms with Gasteiger partial charge in [-0.15, -0.1) is 0 Å². The number of halogens is 1. The number of fused-ring (bicyclic) bond motifs is 1. The van der Waals surface area contributed by atoms with Crippen molar-refractivity contribution in [3.8, 4) is 0 Å². The molecule has 0 aliphatic heterocycles. The molecule has 1 heterocycles. The summed E-state index contributed by atoms with van der Waals surface area (Å²) in [5, 5.41) is 2.38. The molecule has 2 aromatic carbocycles. The van der Waals surface area contributed by atoms with Gasteiger partial charge in [-0.3, -0.25) is 14.8 Å². The number of aromatic nitrogens is 2. The van der Waals surface area contributed by atoms with E-state index in [9.17, 15) is 14.0 Å². The van der Waals surface area contributed by atoms with Crippen molar-refractivity contribution in [2.75, 3.05) is 5.32 Å². The van der Waals surface area contributed by atoms with E-state index < -0.39 is 23.8 Å². The SMILES string of the molecule is C[C@H](OC(=O)c1ccc2nccnc2c1)C(=O)Nc1ccccc1F. The number of hydrogen-bond acceptors (Lipinski definition) is 5. The van der Waals surface area contributed by atoms with Gasteiger partial charge in [-0.2, -0.15) is 0 Å². The summed E-state index contributed by atoms with van der Waals surface area (Å²) in [6.45, 7) is 1.41. The minimum Gasteiger partial charge on any atom is -0.449 e. The highest BCUT2D eigenvalue weighted by atomic mass is 19.1. The Morgan fingerprint density at radius 1 is 1.08 bits per heavy atom. The second-order valence-electron chi connectivity index (χ2n) is 5.28. The van der Waals surface area contributed by atoms with Crippen LogP contribution in [0.2, 0.25) is 0 Å². The molecular weight excluding hydrogens is 325 g/mol. The predicted octanol–water partition coefficient (Wildman–Crippen LogP) is 2.95. The lowest BCUT2D eigenvalue weighted by Gasteiger charge is -2.14. The molecular formula is C18H14FN3O3. The summed E-state index contributed by atoms with van der Waals surface area (Å²) in [5.41, 5.74) is 1.46. The highest BCUT2D eigenvalue weighted by Crippen LogP contribution is 2.15. The van der Waals surface area contributed by atoms with Crippen LogP contribution in [0, 0.1) is 5.82 Å². The number of benzene rings is 2. The number of hydrogen-bond donors (Lipinski definition) is 1. The number of rotatable bonds is 4. The third-order valence-electron chi connectivity index (χ3n) is 3.49. The average molecular weight is 339 g/mol. The summed E-state index contributed by atoms with van der Waals surface area (Å²) in [6, 6.07) is 10.5. The first kappa shape index (κ1) is 16.5. The van der Waals surface area contributed by atoms with Gasteiger partial charge in [-0.1, -0.05) is 12.1 Å². The van der Waals surface area contributed by atoms with Crippen molar-refractivity contribution in [1.82, 2.24) is 9.97 Å². The summed E-state index contributed by atoms with van der Waals surface area (Å²) < 4.78 is 18.7. The van der Waals surface area contributed by atoms with Crippen LogP contribution in [0.4, 0.5) is 10.1 Å². The summed E-state index contributed by atoms with van der Waals surface area (Å²) in [4.78, 5) is 32.5. The summed E-state index contributed by atoms with van der Waals surface area (Å²) in [7, 11) is 0. The smallest absolute Gasteiger partial charge is 0.338 e. The number of nitrogens with zero attached hydrogens (tertiary/aromatic N) is 2. The second kappa shape index (κ2) is 7.04. The van der Waals surface area contributed by atoms with Crippen LogP contribution in [0.3, 0.4) is 0 Å². The number of nitrogens with one attached hydrogen (secondary N) is 1. The van der Waals surface area contributed by atoms with Crippen LogP contribution >= 0.6 is 0 Å². The van der Waals surface area contributed by atoms with Gasteiger partial charge in [-0.25, -0.2) is 9.18 Å². The Hall–Kier alpha value is -3.35. The Kier molecular flexibility index (Phi) is 4.65. The molecule has 126 valence electrons. The van der Waals surface area contributed by atoms with Gasteiger partial charge in [-0.05, 0) is 37.3 Å². The van der Waals surface area contributed by atoms with E-state index >= 15 is 0 Å². The molecule has 0 fully saturated rings. The van der Waals surface area contributed by atoms with E-state index in [1.807, 2.05) is 0 Å². The van der Waals surface area contributed by atoms with Gasteiger partial charge in [0.25, 0.3) is 5.91 Å². The third-order valence-corrected chi connectivity index (χ3v) is 3.49. The van der Waals surface area contributed by atoms with Crippen molar-refractivity contribution in [3.05, 3.63) is 66.2 Å². The normalized spacial score (nSPS) is 11.8. The van der Waals surface area contributed by atoms with Gasteiger partial charge >= 0.3 is 5.97 Å². The molecule has 1 amide bonds. The first-order valence-electron chi connectivity index (χ1n) is 7.52. The van der Waals surface area contributed by atoms with Gasteiger partial charge in [0.1, 0.15) is 5.82 Å². The van der Waals surface area contributed by atoms with Crippen LogP contribution in [-0.4, -0.2) is 27.9 Å². The van der Waals surface area contributed by atoms with Gasteiger partial charge in [0.05, 0.1) is 22.3 Å². The largest absolute Gasteiger partial charge is 0.449 e. The summed E-state index contributed by atoms with van der Waals surface area (Å²) in [5.74, 6) is -1.87. The van der Waals surface area contributed by atoms with E-state index in [2.05, 4.69) is 15.3 Å². The second-order valence-corrected chi connectivity index (χ2v) is 5.28. The van der Waals surface area contributed by atoms with Crippen LogP contribution in [-0.2, 0) is 9.53 Å². The molecule has 0 bridgehead atoms. The van der Waals surface area contributed by atoms with E-state index in [0.29, 0.717) is 11.0 Å². The molecule has 0 aliphatic rings. The Labute approximate surface area is 142 Å². The maximum absolute atomic E-state index is 13.6. The molecule has 0 radical (unpaired) electrons. The van der Waals surface area contributed by atoms with Crippen LogP contribution in [0.5, 0.6) is 0 Å². The third kappa shape index (κ3) is 3.77. The highest BCUT2D eigenvalue weighted by molar-refractivity contribution is 5.98. The first-order valence-corrected chi connectivity index (χ1v) is 7.52. The van der Waals surface area contributed by atoms with E-state index in [0.717, 1.165) is 0 Å². The number of carbonyl (C=O) groups is 2. The van der Waals surface area contributed by atoms with Crippen molar-refractivity contribution in [1.29, 1.82) is 0 Å². The van der Waals surface area contributed by atoms with Crippen molar-refractivity contribution >= 4 is 28.6 Å². The van der Waals surface area contributed by atoms with Crippen molar-refractivity contribution in [2.45, 2.75) is 13.0 Å². The van der Waals surface area contributed by atoms with Crippen molar-refractivity contribution in [3.63, 3.8) is 0 Å².